The molecule has 2 N–H and O–H groups in total. The molecule has 0 atom stereocenters. The molecule has 3 heterocycles. The van der Waals surface area contributed by atoms with E-state index in [0.29, 0.717) is 28.7 Å². The summed E-state index contributed by atoms with van der Waals surface area (Å²) in [6.07, 6.45) is 0. The Bertz CT molecular complexity index is 926. The molecule has 0 aliphatic carbocycles. The van der Waals surface area contributed by atoms with Crippen LogP contribution < -0.4 is 20.3 Å². The Morgan fingerprint density at radius 1 is 1.25 bits per heavy atom. The third kappa shape index (κ3) is 4.06. The highest BCUT2D eigenvalue weighted by Gasteiger charge is 2.18. The number of benzene rings is 1. The normalized spacial score (nSPS) is 16.3. The minimum absolute atomic E-state index is 0.123. The zero-order chi connectivity index (χ0) is 19.5. The number of nitrogens with zero attached hydrogens (tertiary/aromatic N) is 2. The van der Waals surface area contributed by atoms with Crippen LogP contribution in [0.1, 0.15) is 5.56 Å². The van der Waals surface area contributed by atoms with Gasteiger partial charge in [0, 0.05) is 50.2 Å². The summed E-state index contributed by atoms with van der Waals surface area (Å²) in [6, 6.07) is 5.60. The first kappa shape index (κ1) is 19.0. The molecule has 4 rings (SSSR count). The summed E-state index contributed by atoms with van der Waals surface area (Å²) in [4.78, 5) is 20.0. The maximum absolute atomic E-state index is 12.6. The third-order valence-electron chi connectivity index (χ3n) is 5.07. The van der Waals surface area contributed by atoms with Crippen molar-refractivity contribution in [2.45, 2.75) is 6.54 Å². The van der Waals surface area contributed by atoms with E-state index in [-0.39, 0.29) is 12.4 Å². The van der Waals surface area contributed by atoms with Crippen LogP contribution in [0.4, 0.5) is 0 Å². The van der Waals surface area contributed by atoms with Crippen LogP contribution >= 0.6 is 12.2 Å². The maximum Gasteiger partial charge on any atom is 0.253 e. The topological polar surface area (TPSA) is 79.1 Å². The molecule has 8 nitrogen and oxygen atoms in total. The molecule has 150 valence electrons. The van der Waals surface area contributed by atoms with E-state index in [9.17, 15) is 4.79 Å². The number of rotatable bonds is 5. The lowest BCUT2D eigenvalue weighted by molar-refractivity contribution is 0.0357. The molecule has 9 heteroatoms. The van der Waals surface area contributed by atoms with Crippen LogP contribution in [0.5, 0.6) is 11.5 Å². The fourth-order valence-corrected chi connectivity index (χ4v) is 3.62. The van der Waals surface area contributed by atoms with Gasteiger partial charge in [0.1, 0.15) is 0 Å². The molecule has 1 aromatic carbocycles. The van der Waals surface area contributed by atoms with E-state index in [1.165, 1.54) is 0 Å². The van der Waals surface area contributed by atoms with Crippen LogP contribution in [0.3, 0.4) is 0 Å². The van der Waals surface area contributed by atoms with Gasteiger partial charge in [0.25, 0.3) is 5.56 Å². The van der Waals surface area contributed by atoms with E-state index in [0.717, 1.165) is 50.3 Å². The van der Waals surface area contributed by atoms with Gasteiger partial charge in [0.2, 0.25) is 6.79 Å². The summed E-state index contributed by atoms with van der Waals surface area (Å²) in [5.41, 5.74) is 1.27. The van der Waals surface area contributed by atoms with E-state index in [2.05, 4.69) is 15.2 Å². The van der Waals surface area contributed by atoms with Gasteiger partial charge in [-0.25, -0.2) is 0 Å². The second-order valence-corrected chi connectivity index (χ2v) is 7.23. The fourth-order valence-electron chi connectivity index (χ4n) is 3.46. The highest BCUT2D eigenvalue weighted by atomic mass is 32.1. The second kappa shape index (κ2) is 8.34. The van der Waals surface area contributed by atoms with Gasteiger partial charge in [-0.05, 0) is 24.4 Å². The predicted octanol–water partition coefficient (Wildman–Crippen LogP) is 0.895. The molecule has 28 heavy (non-hydrogen) atoms. The van der Waals surface area contributed by atoms with Gasteiger partial charge in [0.15, 0.2) is 16.6 Å². The zero-order valence-electron chi connectivity index (χ0n) is 15.8. The Hall–Kier alpha value is -2.36. The Morgan fingerprint density at radius 2 is 2.00 bits per heavy atom. The summed E-state index contributed by atoms with van der Waals surface area (Å²) < 4.78 is 16.2. The maximum atomic E-state index is 12.6. The molecule has 1 fully saturated rings. The largest absolute Gasteiger partial charge is 0.454 e. The van der Waals surface area contributed by atoms with Crippen molar-refractivity contribution < 1.29 is 14.2 Å². The Morgan fingerprint density at radius 3 is 2.75 bits per heavy atom. The SMILES string of the molecule is CNC(=S)N(CCN1CCOCC1)Cc1cc2cc3c(cc2[nH]c1=O)OCO3. The van der Waals surface area contributed by atoms with E-state index >= 15 is 0 Å². The number of ether oxygens (including phenoxy) is 3. The molecule has 0 radical (unpaired) electrons. The van der Waals surface area contributed by atoms with Gasteiger partial charge in [-0.1, -0.05) is 0 Å². The number of hydrogen-bond acceptors (Lipinski definition) is 6. The number of nitrogens with one attached hydrogen (secondary N) is 2. The van der Waals surface area contributed by atoms with Crippen LogP contribution in [0, 0.1) is 0 Å². The summed E-state index contributed by atoms with van der Waals surface area (Å²) in [6.45, 7) is 5.60. The molecule has 0 spiro atoms. The van der Waals surface area contributed by atoms with E-state index in [1.807, 2.05) is 17.0 Å². The van der Waals surface area contributed by atoms with Crippen LogP contribution in [0.25, 0.3) is 10.9 Å². The van der Waals surface area contributed by atoms with Crippen LogP contribution in [0.15, 0.2) is 23.0 Å². The first-order valence-electron chi connectivity index (χ1n) is 9.36. The van der Waals surface area contributed by atoms with Crippen molar-refractivity contribution in [3.63, 3.8) is 0 Å². The number of fused-ring (bicyclic) bond motifs is 2. The number of pyridine rings is 1. The van der Waals surface area contributed by atoms with Gasteiger partial charge in [-0.15, -0.1) is 0 Å². The number of thiocarbonyl (C=S) groups is 1. The summed E-state index contributed by atoms with van der Waals surface area (Å²) in [5.74, 6) is 1.35. The quantitative estimate of drug-likeness (QED) is 0.712. The van der Waals surface area contributed by atoms with Crippen molar-refractivity contribution >= 4 is 28.2 Å². The molecule has 0 saturated carbocycles. The smallest absolute Gasteiger partial charge is 0.253 e. The van der Waals surface area contributed by atoms with Crippen molar-refractivity contribution in [2.24, 2.45) is 0 Å². The molecular weight excluding hydrogens is 380 g/mol. The molecule has 0 unspecified atom stereocenters. The molecular formula is C19H24N4O4S. The number of aromatic nitrogens is 1. The molecule has 0 amide bonds. The van der Waals surface area contributed by atoms with Gasteiger partial charge in [0.05, 0.1) is 25.3 Å². The van der Waals surface area contributed by atoms with Crippen molar-refractivity contribution in [1.82, 2.24) is 20.1 Å². The second-order valence-electron chi connectivity index (χ2n) is 6.85. The number of hydrogen-bond donors (Lipinski definition) is 2. The third-order valence-corrected chi connectivity index (χ3v) is 5.53. The minimum Gasteiger partial charge on any atom is -0.454 e. The summed E-state index contributed by atoms with van der Waals surface area (Å²) >= 11 is 5.47. The van der Waals surface area contributed by atoms with Crippen molar-refractivity contribution in [2.75, 3.05) is 53.2 Å². The summed E-state index contributed by atoms with van der Waals surface area (Å²) in [7, 11) is 1.80. The fraction of sp³-hybridized carbons (Fsp3) is 0.474. The van der Waals surface area contributed by atoms with Gasteiger partial charge >= 0.3 is 0 Å². The highest BCUT2D eigenvalue weighted by molar-refractivity contribution is 7.80. The first-order valence-corrected chi connectivity index (χ1v) is 9.77. The zero-order valence-corrected chi connectivity index (χ0v) is 16.6. The number of H-pyrrole nitrogens is 1. The number of aromatic amines is 1. The van der Waals surface area contributed by atoms with Gasteiger partial charge in [-0.3, -0.25) is 9.69 Å². The monoisotopic (exact) mass is 404 g/mol. The lowest BCUT2D eigenvalue weighted by Gasteiger charge is -2.31. The molecule has 2 aromatic rings. The molecule has 0 bridgehead atoms. The molecule has 1 aromatic heterocycles. The van der Waals surface area contributed by atoms with Gasteiger partial charge in [-0.2, -0.15) is 0 Å². The average Bonchev–Trinajstić information content (AvgIpc) is 3.17. The summed E-state index contributed by atoms with van der Waals surface area (Å²) in [5, 5.41) is 4.56. The Labute approximate surface area is 168 Å². The minimum atomic E-state index is -0.123. The lowest BCUT2D eigenvalue weighted by atomic mass is 10.1. The Kier molecular flexibility index (Phi) is 5.65. The molecule has 2 aliphatic heterocycles. The van der Waals surface area contributed by atoms with E-state index in [4.69, 9.17) is 26.4 Å². The van der Waals surface area contributed by atoms with Gasteiger partial charge < -0.3 is 29.4 Å². The first-order chi connectivity index (χ1) is 13.6. The standard InChI is InChI=1S/C19H24N4O4S/c1-20-19(28)23(3-2-22-4-6-25-7-5-22)11-14-8-13-9-16-17(27-12-26-16)10-15(13)21-18(14)24/h8-10H,2-7,11-12H2,1H3,(H,20,28)(H,21,24). The van der Waals surface area contributed by atoms with E-state index in [1.54, 1.807) is 13.1 Å². The van der Waals surface area contributed by atoms with Crippen molar-refractivity contribution in [3.8, 4) is 11.5 Å². The van der Waals surface area contributed by atoms with Crippen molar-refractivity contribution in [3.05, 3.63) is 34.1 Å². The van der Waals surface area contributed by atoms with Crippen LogP contribution in [-0.2, 0) is 11.3 Å². The molecule has 2 aliphatic rings. The average molecular weight is 404 g/mol. The van der Waals surface area contributed by atoms with Crippen molar-refractivity contribution in [1.29, 1.82) is 0 Å². The Balaban J connectivity index is 1.54. The predicted molar refractivity (Wildman–Crippen MR) is 110 cm³/mol. The van der Waals surface area contributed by atoms with E-state index < -0.39 is 0 Å². The van der Waals surface area contributed by atoms with Crippen LogP contribution in [-0.4, -0.2) is 73.1 Å². The molecule has 1 saturated heterocycles. The van der Waals surface area contributed by atoms with Crippen LogP contribution in [0.2, 0.25) is 0 Å². The lowest BCUT2D eigenvalue weighted by Crippen LogP contribution is -2.45. The number of morpholine rings is 1. The highest BCUT2D eigenvalue weighted by Crippen LogP contribution is 2.35.